The van der Waals surface area contributed by atoms with Crippen molar-refractivity contribution in [1.29, 1.82) is 0 Å². The number of nitrogens with zero attached hydrogens (tertiary/aromatic N) is 1. The molecule has 1 N–H and O–H groups in total. The van der Waals surface area contributed by atoms with Gasteiger partial charge in [-0.25, -0.2) is 8.42 Å². The predicted molar refractivity (Wildman–Crippen MR) is 85.5 cm³/mol. The first-order valence-corrected chi connectivity index (χ1v) is 9.23. The molecule has 0 amide bonds. The minimum Gasteiger partial charge on any atom is -0.313 e. The van der Waals surface area contributed by atoms with Crippen molar-refractivity contribution in [1.82, 2.24) is 10.3 Å². The van der Waals surface area contributed by atoms with Crippen molar-refractivity contribution in [3.63, 3.8) is 0 Å². The second kappa shape index (κ2) is 6.65. The molecule has 1 aromatic heterocycles. The lowest BCUT2D eigenvalue weighted by Gasteiger charge is -2.08. The second-order valence-electron chi connectivity index (χ2n) is 4.77. The van der Waals surface area contributed by atoms with Crippen molar-refractivity contribution in [3.8, 4) is 0 Å². The molecule has 2 aromatic rings. The summed E-state index contributed by atoms with van der Waals surface area (Å²) in [5.74, 6) is 0.222. The maximum Gasteiger partial charge on any atom is 0.147 e. The molecular weight excluding hydrogens is 340 g/mol. The van der Waals surface area contributed by atoms with Gasteiger partial charge in [-0.15, -0.1) is 0 Å². The monoisotopic (exact) mass is 356 g/mol. The van der Waals surface area contributed by atoms with Crippen LogP contribution >= 0.6 is 15.9 Å². The molecule has 1 heterocycles. The van der Waals surface area contributed by atoms with Gasteiger partial charge in [0.2, 0.25) is 0 Å². The van der Waals surface area contributed by atoms with E-state index in [1.54, 1.807) is 6.20 Å². The Morgan fingerprint density at radius 1 is 1.30 bits per heavy atom. The van der Waals surface area contributed by atoms with Crippen molar-refractivity contribution in [2.24, 2.45) is 0 Å². The Labute approximate surface area is 127 Å². The molecule has 0 radical (unpaired) electrons. The first kappa shape index (κ1) is 15.4. The van der Waals surface area contributed by atoms with Gasteiger partial charge in [0.1, 0.15) is 9.84 Å². The average molecular weight is 357 g/mol. The van der Waals surface area contributed by atoms with Gasteiger partial charge in [0.25, 0.3) is 0 Å². The number of aromatic nitrogens is 1. The maximum absolute atomic E-state index is 11.0. The van der Waals surface area contributed by atoms with Crippen molar-refractivity contribution in [2.75, 3.05) is 18.6 Å². The van der Waals surface area contributed by atoms with E-state index in [9.17, 15) is 8.42 Å². The molecule has 0 aliphatic carbocycles. The third-order valence-corrected chi connectivity index (χ3v) is 4.71. The summed E-state index contributed by atoms with van der Waals surface area (Å²) in [6.45, 7) is 1.36. The molecule has 0 unspecified atom stereocenters. The van der Waals surface area contributed by atoms with E-state index in [4.69, 9.17) is 0 Å². The van der Waals surface area contributed by atoms with E-state index in [-0.39, 0.29) is 5.75 Å². The zero-order chi connectivity index (χ0) is 14.6. The highest BCUT2D eigenvalue weighted by Crippen LogP contribution is 2.24. The molecule has 4 nitrogen and oxygen atoms in total. The minimum absolute atomic E-state index is 0.222. The van der Waals surface area contributed by atoms with Crippen LogP contribution in [0.5, 0.6) is 0 Å². The van der Waals surface area contributed by atoms with E-state index in [2.05, 4.69) is 26.2 Å². The number of benzene rings is 1. The smallest absolute Gasteiger partial charge is 0.147 e. The topological polar surface area (TPSA) is 59.1 Å². The highest BCUT2D eigenvalue weighted by atomic mass is 79.9. The number of fused-ring (bicyclic) bond motifs is 1. The Morgan fingerprint density at radius 2 is 2.10 bits per heavy atom. The van der Waals surface area contributed by atoms with Gasteiger partial charge >= 0.3 is 0 Å². The molecule has 0 aliphatic heterocycles. The van der Waals surface area contributed by atoms with Gasteiger partial charge in [-0.1, -0.05) is 28.1 Å². The van der Waals surface area contributed by atoms with Crippen molar-refractivity contribution in [2.45, 2.75) is 13.0 Å². The largest absolute Gasteiger partial charge is 0.313 e. The first-order chi connectivity index (χ1) is 9.47. The fourth-order valence-corrected chi connectivity index (χ4v) is 3.14. The second-order valence-corrected chi connectivity index (χ2v) is 7.88. The van der Waals surface area contributed by atoms with Crippen LogP contribution in [0, 0.1) is 0 Å². The van der Waals surface area contributed by atoms with Gasteiger partial charge in [-0.3, -0.25) is 4.98 Å². The molecule has 6 heteroatoms. The van der Waals surface area contributed by atoms with Crippen LogP contribution in [0.1, 0.15) is 12.0 Å². The van der Waals surface area contributed by atoms with Gasteiger partial charge < -0.3 is 5.32 Å². The van der Waals surface area contributed by atoms with Gasteiger partial charge in [-0.2, -0.15) is 0 Å². The van der Waals surface area contributed by atoms with E-state index in [0.717, 1.165) is 20.9 Å². The summed E-state index contributed by atoms with van der Waals surface area (Å²) < 4.78 is 23.1. The third kappa shape index (κ3) is 4.26. The summed E-state index contributed by atoms with van der Waals surface area (Å²) in [5, 5.41) is 4.35. The summed E-state index contributed by atoms with van der Waals surface area (Å²) in [6, 6.07) is 7.98. The normalized spacial score (nSPS) is 11.9. The van der Waals surface area contributed by atoms with Gasteiger partial charge in [0, 0.05) is 28.9 Å². The quantitative estimate of drug-likeness (QED) is 0.808. The number of hydrogen-bond acceptors (Lipinski definition) is 4. The summed E-state index contributed by atoms with van der Waals surface area (Å²) in [4.78, 5) is 4.41. The zero-order valence-corrected chi connectivity index (χ0v) is 13.7. The number of nitrogens with one attached hydrogen (secondary N) is 1. The molecule has 0 aliphatic rings. The van der Waals surface area contributed by atoms with Crippen LogP contribution in [-0.2, 0) is 16.4 Å². The van der Waals surface area contributed by atoms with Gasteiger partial charge in [0.05, 0.1) is 11.3 Å². The van der Waals surface area contributed by atoms with Crippen LogP contribution in [0.2, 0.25) is 0 Å². The number of hydrogen-bond donors (Lipinski definition) is 1. The molecule has 20 heavy (non-hydrogen) atoms. The average Bonchev–Trinajstić information content (AvgIpc) is 2.40. The molecule has 0 fully saturated rings. The summed E-state index contributed by atoms with van der Waals surface area (Å²) in [6.07, 6.45) is 3.67. The Kier molecular flexibility index (Phi) is 5.12. The molecule has 108 valence electrons. The summed E-state index contributed by atoms with van der Waals surface area (Å²) >= 11 is 3.52. The molecule has 0 saturated heterocycles. The molecule has 2 rings (SSSR count). The summed E-state index contributed by atoms with van der Waals surface area (Å²) in [5.41, 5.74) is 2.08. The predicted octanol–water partition coefficient (Wildman–Crippen LogP) is 2.52. The number of pyridine rings is 1. The Bertz CT molecular complexity index is 701. The van der Waals surface area contributed by atoms with Crippen molar-refractivity contribution < 1.29 is 8.42 Å². The standard InChI is InChI=1S/C14H17BrN2O2S/c1-20(18,19)9-3-7-16-10-11-5-6-13(15)12-4-2-8-17-14(11)12/h2,4-6,8,16H,3,7,9-10H2,1H3. The zero-order valence-electron chi connectivity index (χ0n) is 11.3. The lowest BCUT2D eigenvalue weighted by Crippen LogP contribution is -2.18. The highest BCUT2D eigenvalue weighted by Gasteiger charge is 2.05. The lowest BCUT2D eigenvalue weighted by molar-refractivity contribution is 0.594. The Balaban J connectivity index is 1.99. The van der Waals surface area contributed by atoms with E-state index in [1.165, 1.54) is 6.26 Å². The van der Waals surface area contributed by atoms with Crippen LogP contribution in [0.3, 0.4) is 0 Å². The number of halogens is 1. The first-order valence-electron chi connectivity index (χ1n) is 6.38. The minimum atomic E-state index is -2.87. The van der Waals surface area contributed by atoms with Crippen LogP contribution < -0.4 is 5.32 Å². The molecule has 0 saturated carbocycles. The van der Waals surface area contributed by atoms with Crippen molar-refractivity contribution in [3.05, 3.63) is 40.5 Å². The Morgan fingerprint density at radius 3 is 2.85 bits per heavy atom. The number of rotatable bonds is 6. The van der Waals surface area contributed by atoms with E-state index in [0.29, 0.717) is 19.5 Å². The van der Waals surface area contributed by atoms with Gasteiger partial charge in [0.15, 0.2) is 0 Å². The van der Waals surface area contributed by atoms with Crippen LogP contribution in [0.4, 0.5) is 0 Å². The molecular formula is C14H17BrN2O2S. The molecule has 0 atom stereocenters. The van der Waals surface area contributed by atoms with Gasteiger partial charge in [-0.05, 0) is 30.7 Å². The van der Waals surface area contributed by atoms with E-state index >= 15 is 0 Å². The van der Waals surface area contributed by atoms with Crippen LogP contribution in [-0.4, -0.2) is 32.0 Å². The molecule has 0 bridgehead atoms. The number of sulfone groups is 1. The highest BCUT2D eigenvalue weighted by molar-refractivity contribution is 9.10. The van der Waals surface area contributed by atoms with E-state index < -0.39 is 9.84 Å². The fourth-order valence-electron chi connectivity index (χ4n) is 2.02. The third-order valence-electron chi connectivity index (χ3n) is 2.98. The fraction of sp³-hybridized carbons (Fsp3) is 0.357. The van der Waals surface area contributed by atoms with Crippen molar-refractivity contribution >= 4 is 36.7 Å². The van der Waals surface area contributed by atoms with Crippen LogP contribution in [0.15, 0.2) is 34.9 Å². The van der Waals surface area contributed by atoms with Crippen LogP contribution in [0.25, 0.3) is 10.9 Å². The molecule has 1 aromatic carbocycles. The maximum atomic E-state index is 11.0. The van der Waals surface area contributed by atoms with E-state index in [1.807, 2.05) is 24.3 Å². The Hall–Kier alpha value is -0.980. The lowest BCUT2D eigenvalue weighted by atomic mass is 10.1. The molecule has 0 spiro atoms. The summed E-state index contributed by atoms with van der Waals surface area (Å²) in [7, 11) is -2.87. The SMILES string of the molecule is CS(=O)(=O)CCCNCc1ccc(Br)c2cccnc12.